The van der Waals surface area contributed by atoms with Gasteiger partial charge in [-0.05, 0) is 25.9 Å². The van der Waals surface area contributed by atoms with E-state index in [1.54, 1.807) is 0 Å². The van der Waals surface area contributed by atoms with Crippen molar-refractivity contribution in [2.24, 2.45) is 0 Å². The van der Waals surface area contributed by atoms with Crippen LogP contribution in [0.15, 0.2) is 0 Å². The second kappa shape index (κ2) is 5.55. The van der Waals surface area contributed by atoms with Crippen LogP contribution >= 0.6 is 0 Å². The summed E-state index contributed by atoms with van der Waals surface area (Å²) in [6.07, 6.45) is 3.58. The third-order valence-electron chi connectivity index (χ3n) is 1.81. The maximum Gasteiger partial charge on any atom is 1.00 e. The zero-order chi connectivity index (χ0) is 7.40. The summed E-state index contributed by atoms with van der Waals surface area (Å²) in [5.74, 6) is -0.707. The number of hydrogen-bond acceptors (Lipinski definition) is 2. The predicted molar refractivity (Wildman–Crippen MR) is 39.0 cm³/mol. The Kier molecular flexibility index (Phi) is 5.50. The summed E-state index contributed by atoms with van der Waals surface area (Å²) < 4.78 is 0. The third-order valence-corrected chi connectivity index (χ3v) is 1.81. The molecule has 11 heavy (non-hydrogen) atoms. The van der Waals surface area contributed by atoms with Crippen molar-refractivity contribution in [1.82, 2.24) is 4.90 Å². The smallest absolute Gasteiger partial charge is 1.00 e. The largest absolute Gasteiger partial charge is 1.00 e. The molecule has 0 bridgehead atoms. The van der Waals surface area contributed by atoms with Gasteiger partial charge in [-0.2, -0.15) is 0 Å². The highest BCUT2D eigenvalue weighted by Gasteiger charge is 2.11. The number of carboxylic acid groups (broad SMARTS) is 1. The molecule has 0 aromatic rings. The number of piperidine rings is 1. The Hall–Kier alpha value is -0.0900. The highest BCUT2D eigenvalue weighted by Crippen LogP contribution is 2.07. The van der Waals surface area contributed by atoms with Gasteiger partial charge in [0.15, 0.2) is 0 Å². The van der Waals surface area contributed by atoms with Gasteiger partial charge in [0.25, 0.3) is 0 Å². The van der Waals surface area contributed by atoms with Crippen molar-refractivity contribution in [2.45, 2.75) is 19.3 Å². The van der Waals surface area contributed by atoms with Gasteiger partial charge in [-0.1, -0.05) is 6.42 Å². The van der Waals surface area contributed by atoms with Crippen molar-refractivity contribution in [1.29, 1.82) is 0 Å². The average Bonchev–Trinajstić information content (AvgIpc) is 1.88. The molecule has 0 aromatic carbocycles. The lowest BCUT2D eigenvalue weighted by Gasteiger charge is -2.24. The molecule has 0 spiro atoms. The number of likely N-dealkylation sites (tertiary alicyclic amines) is 1. The molecule has 1 rings (SSSR count). The van der Waals surface area contributed by atoms with Crippen LogP contribution in [0.3, 0.4) is 0 Å². The number of rotatable bonds is 2. The fourth-order valence-electron chi connectivity index (χ4n) is 1.31. The summed E-state index contributed by atoms with van der Waals surface area (Å²) >= 11 is 0. The topological polar surface area (TPSA) is 40.5 Å². The second-order valence-corrected chi connectivity index (χ2v) is 2.73. The second-order valence-electron chi connectivity index (χ2n) is 2.73. The van der Waals surface area contributed by atoms with Crippen LogP contribution in [0.25, 0.3) is 0 Å². The van der Waals surface area contributed by atoms with Gasteiger partial charge in [-0.15, -0.1) is 0 Å². The lowest BCUT2D eigenvalue weighted by atomic mass is 10.1. The molecule has 1 heterocycles. The van der Waals surface area contributed by atoms with Gasteiger partial charge in [-0.25, -0.2) is 0 Å². The molecule has 0 amide bonds. The van der Waals surface area contributed by atoms with Crippen LogP contribution in [-0.4, -0.2) is 35.6 Å². The van der Waals surface area contributed by atoms with Crippen molar-refractivity contribution in [2.75, 3.05) is 19.6 Å². The van der Waals surface area contributed by atoms with Gasteiger partial charge < -0.3 is 22.1 Å². The van der Waals surface area contributed by atoms with Crippen molar-refractivity contribution in [3.8, 4) is 0 Å². The first kappa shape index (κ1) is 10.9. The van der Waals surface area contributed by atoms with E-state index < -0.39 is 5.97 Å². The average molecular weight is 224 g/mol. The SMILES string of the molecule is O=C(O)CN1CCCCC1.[Br-].[H+]. The number of aliphatic carboxylic acids is 1. The number of hydrogen-bond donors (Lipinski definition) is 1. The highest BCUT2D eigenvalue weighted by atomic mass is 79.9. The molecule has 1 aliphatic heterocycles. The Balaban J connectivity index is 0. The minimum Gasteiger partial charge on any atom is -1.00 e. The summed E-state index contributed by atoms with van der Waals surface area (Å²) in [7, 11) is 0. The predicted octanol–water partition coefficient (Wildman–Crippen LogP) is -2.33. The minimum atomic E-state index is -0.707. The molecule has 0 aromatic heterocycles. The van der Waals surface area contributed by atoms with E-state index in [-0.39, 0.29) is 25.0 Å². The molecule has 0 saturated carbocycles. The highest BCUT2D eigenvalue weighted by molar-refractivity contribution is 5.69. The molecular formula is C7H14BrNO2. The molecule has 4 heteroatoms. The summed E-state index contributed by atoms with van der Waals surface area (Å²) in [6.45, 7) is 2.15. The fourth-order valence-corrected chi connectivity index (χ4v) is 1.31. The van der Waals surface area contributed by atoms with E-state index in [1.165, 1.54) is 6.42 Å². The lowest BCUT2D eigenvalue weighted by molar-refractivity contribution is -0.138. The molecule has 1 aliphatic rings. The van der Waals surface area contributed by atoms with Crippen molar-refractivity contribution in [3.05, 3.63) is 0 Å². The Bertz CT molecular complexity index is 129. The normalized spacial score (nSPS) is 18.9. The number of carbonyl (C=O) groups is 1. The van der Waals surface area contributed by atoms with E-state index >= 15 is 0 Å². The molecule has 66 valence electrons. The Morgan fingerprint density at radius 2 is 1.91 bits per heavy atom. The van der Waals surface area contributed by atoms with Gasteiger partial charge >= 0.3 is 7.40 Å². The zero-order valence-corrected chi connectivity index (χ0v) is 8.01. The molecule has 0 unspecified atom stereocenters. The maximum absolute atomic E-state index is 10.2. The van der Waals surface area contributed by atoms with Crippen molar-refractivity contribution >= 4 is 5.97 Å². The quantitative estimate of drug-likeness (QED) is 0.572. The molecule has 0 atom stereocenters. The minimum absolute atomic E-state index is 0. The lowest BCUT2D eigenvalue weighted by Crippen LogP contribution is -3.00. The Morgan fingerprint density at radius 1 is 1.36 bits per heavy atom. The van der Waals surface area contributed by atoms with Crippen molar-refractivity contribution < 1.29 is 28.3 Å². The first-order valence-corrected chi connectivity index (χ1v) is 3.73. The summed E-state index contributed by atoms with van der Waals surface area (Å²) in [4.78, 5) is 12.2. The van der Waals surface area contributed by atoms with Crippen LogP contribution in [-0.2, 0) is 4.79 Å². The van der Waals surface area contributed by atoms with Crippen LogP contribution in [0.4, 0.5) is 0 Å². The van der Waals surface area contributed by atoms with Gasteiger partial charge in [0, 0.05) is 0 Å². The molecule has 1 saturated heterocycles. The first-order valence-electron chi connectivity index (χ1n) is 3.73. The van der Waals surface area contributed by atoms with Gasteiger partial charge in [0.1, 0.15) is 0 Å². The molecule has 0 aliphatic carbocycles. The molecule has 3 nitrogen and oxygen atoms in total. The number of carboxylic acids is 1. The Morgan fingerprint density at radius 3 is 2.36 bits per heavy atom. The maximum atomic E-state index is 10.2. The fraction of sp³-hybridized carbons (Fsp3) is 0.857. The molecular weight excluding hydrogens is 210 g/mol. The van der Waals surface area contributed by atoms with E-state index in [2.05, 4.69) is 0 Å². The third kappa shape index (κ3) is 4.37. The van der Waals surface area contributed by atoms with E-state index in [0.717, 1.165) is 25.9 Å². The van der Waals surface area contributed by atoms with Crippen LogP contribution < -0.4 is 17.0 Å². The molecule has 0 radical (unpaired) electrons. The number of halogens is 1. The van der Waals surface area contributed by atoms with E-state index in [0.29, 0.717) is 0 Å². The summed E-state index contributed by atoms with van der Waals surface area (Å²) in [5, 5.41) is 8.42. The van der Waals surface area contributed by atoms with Gasteiger partial charge in [0.2, 0.25) is 0 Å². The van der Waals surface area contributed by atoms with Crippen LogP contribution in [0.1, 0.15) is 20.7 Å². The standard InChI is InChI=1S/C7H13NO2.BrH/c9-7(10)6-8-4-2-1-3-5-8;/h1-6H2,(H,9,10);1H. The van der Waals surface area contributed by atoms with Crippen LogP contribution in [0.5, 0.6) is 0 Å². The molecule has 1 N–H and O–H groups in total. The van der Waals surface area contributed by atoms with E-state index in [4.69, 9.17) is 5.11 Å². The zero-order valence-electron chi connectivity index (χ0n) is 7.42. The van der Waals surface area contributed by atoms with E-state index in [1.807, 2.05) is 4.90 Å². The monoisotopic (exact) mass is 223 g/mol. The van der Waals surface area contributed by atoms with E-state index in [9.17, 15) is 4.79 Å². The summed E-state index contributed by atoms with van der Waals surface area (Å²) in [6, 6.07) is 0. The first-order chi connectivity index (χ1) is 4.79. The van der Waals surface area contributed by atoms with Crippen LogP contribution in [0, 0.1) is 0 Å². The van der Waals surface area contributed by atoms with Crippen molar-refractivity contribution in [3.63, 3.8) is 0 Å². The molecule has 1 fully saturated rings. The Labute approximate surface area is 78.6 Å². The summed E-state index contributed by atoms with van der Waals surface area (Å²) in [5.41, 5.74) is 0. The van der Waals surface area contributed by atoms with Crippen LogP contribution in [0.2, 0.25) is 0 Å². The van der Waals surface area contributed by atoms with Gasteiger partial charge in [0.05, 0.1) is 6.54 Å². The number of nitrogens with zero attached hydrogens (tertiary/aromatic N) is 1. The van der Waals surface area contributed by atoms with Gasteiger partial charge in [-0.3, -0.25) is 9.69 Å².